The topological polar surface area (TPSA) is 57.5 Å². The highest BCUT2D eigenvalue weighted by Crippen LogP contribution is 2.31. The van der Waals surface area contributed by atoms with Gasteiger partial charge in [0, 0.05) is 6.07 Å². The van der Waals surface area contributed by atoms with Crippen molar-refractivity contribution in [3.8, 4) is 5.75 Å². The SMILES string of the molecule is CC(C)(Cc1cc(Br)c(F)cc1O)C(=O)O. The third-order valence-electron chi connectivity index (χ3n) is 2.33. The fraction of sp³-hybridized carbons (Fsp3) is 0.364. The van der Waals surface area contributed by atoms with Gasteiger partial charge in [-0.15, -0.1) is 0 Å². The Morgan fingerprint density at radius 2 is 2.06 bits per heavy atom. The van der Waals surface area contributed by atoms with Crippen molar-refractivity contribution in [1.29, 1.82) is 0 Å². The zero-order valence-corrected chi connectivity index (χ0v) is 10.5. The molecule has 3 nitrogen and oxygen atoms in total. The lowest BCUT2D eigenvalue weighted by atomic mass is 9.85. The number of hydrogen-bond acceptors (Lipinski definition) is 2. The molecule has 0 atom stereocenters. The lowest BCUT2D eigenvalue weighted by Gasteiger charge is -2.19. The first-order chi connectivity index (χ1) is 7.24. The third-order valence-corrected chi connectivity index (χ3v) is 2.94. The molecule has 0 saturated heterocycles. The van der Waals surface area contributed by atoms with E-state index in [9.17, 15) is 14.3 Å². The third kappa shape index (κ3) is 2.72. The van der Waals surface area contributed by atoms with Crippen molar-refractivity contribution in [1.82, 2.24) is 0 Å². The summed E-state index contributed by atoms with van der Waals surface area (Å²) in [6, 6.07) is 2.37. The van der Waals surface area contributed by atoms with E-state index in [-0.39, 0.29) is 16.6 Å². The molecule has 0 aliphatic carbocycles. The molecule has 0 aliphatic heterocycles. The van der Waals surface area contributed by atoms with Crippen LogP contribution in [-0.2, 0) is 11.2 Å². The molecule has 0 saturated carbocycles. The van der Waals surface area contributed by atoms with Gasteiger partial charge < -0.3 is 10.2 Å². The normalized spacial score (nSPS) is 11.5. The lowest BCUT2D eigenvalue weighted by molar-refractivity contribution is -0.146. The molecule has 0 spiro atoms. The fourth-order valence-electron chi connectivity index (χ4n) is 1.27. The molecule has 0 fully saturated rings. The molecule has 0 bridgehead atoms. The summed E-state index contributed by atoms with van der Waals surface area (Å²) in [5, 5.41) is 18.5. The van der Waals surface area contributed by atoms with Gasteiger partial charge >= 0.3 is 5.97 Å². The average Bonchev–Trinajstić information content (AvgIpc) is 2.13. The Kier molecular flexibility index (Phi) is 3.57. The Labute approximate surface area is 101 Å². The first-order valence-electron chi connectivity index (χ1n) is 4.64. The van der Waals surface area contributed by atoms with E-state index in [2.05, 4.69) is 15.9 Å². The summed E-state index contributed by atoms with van der Waals surface area (Å²) in [5.74, 6) is -1.77. The Morgan fingerprint density at radius 3 is 2.56 bits per heavy atom. The number of halogens is 2. The minimum absolute atomic E-state index is 0.132. The van der Waals surface area contributed by atoms with E-state index < -0.39 is 17.2 Å². The van der Waals surface area contributed by atoms with Gasteiger partial charge in [-0.2, -0.15) is 0 Å². The van der Waals surface area contributed by atoms with Crippen LogP contribution in [-0.4, -0.2) is 16.2 Å². The van der Waals surface area contributed by atoms with Gasteiger partial charge in [-0.25, -0.2) is 4.39 Å². The molecule has 0 aromatic heterocycles. The summed E-state index contributed by atoms with van der Waals surface area (Å²) in [6.45, 7) is 3.10. The molecule has 0 radical (unpaired) electrons. The van der Waals surface area contributed by atoms with Crippen LogP contribution >= 0.6 is 15.9 Å². The summed E-state index contributed by atoms with van der Waals surface area (Å²) >= 11 is 2.99. The Hall–Kier alpha value is -1.10. The molecule has 0 unspecified atom stereocenters. The van der Waals surface area contributed by atoms with Crippen LogP contribution in [0.3, 0.4) is 0 Å². The number of carboxylic acids is 1. The first-order valence-corrected chi connectivity index (χ1v) is 5.43. The minimum Gasteiger partial charge on any atom is -0.508 e. The van der Waals surface area contributed by atoms with Gasteiger partial charge in [0.1, 0.15) is 11.6 Å². The summed E-state index contributed by atoms with van der Waals surface area (Å²) in [7, 11) is 0. The van der Waals surface area contributed by atoms with Crippen molar-refractivity contribution in [2.45, 2.75) is 20.3 Å². The number of phenols is 1. The highest BCUT2D eigenvalue weighted by Gasteiger charge is 2.28. The molecular weight excluding hydrogens is 279 g/mol. The molecule has 0 aliphatic rings. The van der Waals surface area contributed by atoms with E-state index in [0.717, 1.165) is 6.07 Å². The van der Waals surface area contributed by atoms with E-state index in [0.29, 0.717) is 5.56 Å². The molecule has 88 valence electrons. The van der Waals surface area contributed by atoms with Crippen molar-refractivity contribution in [2.75, 3.05) is 0 Å². The number of phenolic OH excluding ortho intramolecular Hbond substituents is 1. The second-order valence-electron chi connectivity index (χ2n) is 4.26. The zero-order chi connectivity index (χ0) is 12.5. The van der Waals surface area contributed by atoms with E-state index >= 15 is 0 Å². The van der Waals surface area contributed by atoms with Crippen LogP contribution in [0.1, 0.15) is 19.4 Å². The maximum absolute atomic E-state index is 13.0. The molecule has 2 N–H and O–H groups in total. The molecule has 0 amide bonds. The number of aliphatic carboxylic acids is 1. The van der Waals surface area contributed by atoms with Crippen molar-refractivity contribution in [3.05, 3.63) is 28.0 Å². The van der Waals surface area contributed by atoms with E-state index in [1.165, 1.54) is 6.07 Å². The van der Waals surface area contributed by atoms with Gasteiger partial charge in [-0.3, -0.25) is 4.79 Å². The predicted octanol–water partition coefficient (Wildman–Crippen LogP) is 2.95. The molecule has 1 rings (SSSR count). The molecule has 1 aromatic carbocycles. The van der Waals surface area contributed by atoms with Gasteiger partial charge in [0.2, 0.25) is 0 Å². The van der Waals surface area contributed by atoms with Crippen LogP contribution in [0.4, 0.5) is 4.39 Å². The van der Waals surface area contributed by atoms with Gasteiger partial charge in [0.15, 0.2) is 0 Å². The second-order valence-corrected chi connectivity index (χ2v) is 5.12. The van der Waals surface area contributed by atoms with E-state index in [1.54, 1.807) is 13.8 Å². The Morgan fingerprint density at radius 1 is 1.50 bits per heavy atom. The van der Waals surface area contributed by atoms with Crippen LogP contribution in [0.5, 0.6) is 5.75 Å². The molecule has 0 heterocycles. The van der Waals surface area contributed by atoms with Crippen LogP contribution in [0.25, 0.3) is 0 Å². The van der Waals surface area contributed by atoms with Crippen molar-refractivity contribution in [3.63, 3.8) is 0 Å². The van der Waals surface area contributed by atoms with Crippen LogP contribution in [0.2, 0.25) is 0 Å². The molecule has 5 heteroatoms. The number of benzene rings is 1. The van der Waals surface area contributed by atoms with Gasteiger partial charge in [0.05, 0.1) is 9.89 Å². The van der Waals surface area contributed by atoms with Gasteiger partial charge in [0.25, 0.3) is 0 Å². The number of carbonyl (C=O) groups is 1. The van der Waals surface area contributed by atoms with Crippen LogP contribution < -0.4 is 0 Å². The number of rotatable bonds is 3. The smallest absolute Gasteiger partial charge is 0.309 e. The summed E-state index contributed by atoms with van der Waals surface area (Å²) in [4.78, 5) is 10.9. The maximum Gasteiger partial charge on any atom is 0.309 e. The summed E-state index contributed by atoms with van der Waals surface area (Å²) in [5.41, 5.74) is -0.602. The van der Waals surface area contributed by atoms with Gasteiger partial charge in [-0.05, 0) is 47.8 Å². The van der Waals surface area contributed by atoms with Crippen LogP contribution in [0.15, 0.2) is 16.6 Å². The predicted molar refractivity (Wildman–Crippen MR) is 60.9 cm³/mol. The van der Waals surface area contributed by atoms with Crippen LogP contribution in [0, 0.1) is 11.2 Å². The standard InChI is InChI=1S/C11H12BrFO3/c1-11(2,10(15)16)5-6-3-7(12)8(13)4-9(6)14/h3-4,14H,5H2,1-2H3,(H,15,16). The monoisotopic (exact) mass is 290 g/mol. The Balaban J connectivity index is 3.07. The molecule has 16 heavy (non-hydrogen) atoms. The quantitative estimate of drug-likeness (QED) is 0.900. The van der Waals surface area contributed by atoms with Crippen molar-refractivity contribution >= 4 is 21.9 Å². The maximum atomic E-state index is 13.0. The van der Waals surface area contributed by atoms with E-state index in [1.807, 2.05) is 0 Å². The van der Waals surface area contributed by atoms with E-state index in [4.69, 9.17) is 5.11 Å². The Bertz CT molecular complexity index is 429. The fourth-order valence-corrected chi connectivity index (χ4v) is 1.66. The first kappa shape index (κ1) is 13.0. The summed E-state index contributed by atoms with van der Waals surface area (Å²) in [6.07, 6.45) is 0.132. The summed E-state index contributed by atoms with van der Waals surface area (Å²) < 4.78 is 13.2. The van der Waals surface area contributed by atoms with Crippen molar-refractivity contribution < 1.29 is 19.4 Å². The highest BCUT2D eigenvalue weighted by molar-refractivity contribution is 9.10. The average molecular weight is 291 g/mol. The number of carboxylic acid groups (broad SMARTS) is 1. The zero-order valence-electron chi connectivity index (χ0n) is 8.92. The second kappa shape index (κ2) is 4.41. The molecular formula is C11H12BrFO3. The van der Waals surface area contributed by atoms with Crippen molar-refractivity contribution in [2.24, 2.45) is 5.41 Å². The number of hydrogen-bond donors (Lipinski definition) is 2. The lowest BCUT2D eigenvalue weighted by Crippen LogP contribution is -2.26. The largest absolute Gasteiger partial charge is 0.508 e. The highest BCUT2D eigenvalue weighted by atomic mass is 79.9. The minimum atomic E-state index is -1.01. The molecule has 1 aromatic rings. The number of aromatic hydroxyl groups is 1. The van der Waals surface area contributed by atoms with Gasteiger partial charge in [-0.1, -0.05) is 0 Å².